The number of fused-ring (bicyclic) bond motifs is 3. The zero-order chi connectivity index (χ0) is 17.6. The molecule has 4 rings (SSSR count). The second-order valence-electron chi connectivity index (χ2n) is 6.62. The van der Waals surface area contributed by atoms with Crippen molar-refractivity contribution in [1.29, 1.82) is 0 Å². The summed E-state index contributed by atoms with van der Waals surface area (Å²) in [5.74, 6) is -0.0458. The normalized spacial score (nSPS) is 25.9. The van der Waals surface area contributed by atoms with Gasteiger partial charge < -0.3 is 10.6 Å². The number of rotatable bonds is 6. The van der Waals surface area contributed by atoms with Gasteiger partial charge in [0, 0.05) is 51.9 Å². The van der Waals surface area contributed by atoms with E-state index in [-0.39, 0.29) is 5.82 Å². The van der Waals surface area contributed by atoms with Crippen LogP contribution in [0.5, 0.6) is 0 Å². The molecule has 3 aliphatic rings. The lowest BCUT2D eigenvalue weighted by Crippen LogP contribution is -2.62. The molecule has 1 atom stereocenters. The molecule has 1 aromatic carbocycles. The van der Waals surface area contributed by atoms with Crippen LogP contribution in [0.15, 0.2) is 23.2 Å². The Balaban J connectivity index is 1.51. The molecule has 3 heterocycles. The second-order valence-corrected chi connectivity index (χ2v) is 6.62. The fourth-order valence-corrected chi connectivity index (χ4v) is 3.49. The molecule has 2 bridgehead atoms. The Kier molecular flexibility index (Phi) is 6.20. The topological polar surface area (TPSA) is 42.9 Å². The number of hydrogen-bond donors (Lipinski definition) is 2. The molecule has 1 unspecified atom stereocenters. The highest BCUT2D eigenvalue weighted by atomic mass is 19.1. The van der Waals surface area contributed by atoms with Crippen molar-refractivity contribution >= 4 is 5.96 Å². The Morgan fingerprint density at radius 3 is 2.68 bits per heavy atom. The average molecular weight is 351 g/mol. The summed E-state index contributed by atoms with van der Waals surface area (Å²) in [6.45, 7) is 9.70. The van der Waals surface area contributed by atoms with Gasteiger partial charge in [-0.15, -0.1) is 0 Å². The number of guanidine groups is 1. The number of nitrogens with one attached hydrogen (secondary N) is 2. The van der Waals surface area contributed by atoms with Gasteiger partial charge in [0.2, 0.25) is 0 Å². The van der Waals surface area contributed by atoms with Crippen LogP contribution in [-0.2, 0) is 6.42 Å². The fraction of sp³-hybridized carbons (Fsp3) is 0.611. The molecule has 0 aliphatic carbocycles. The minimum absolute atomic E-state index is 0.370. The van der Waals surface area contributed by atoms with E-state index in [4.69, 9.17) is 0 Å². The van der Waals surface area contributed by atoms with E-state index >= 15 is 0 Å². The van der Waals surface area contributed by atoms with E-state index in [0.29, 0.717) is 24.6 Å². The van der Waals surface area contributed by atoms with Crippen LogP contribution in [0, 0.1) is 11.6 Å². The number of halogens is 2. The van der Waals surface area contributed by atoms with Gasteiger partial charge in [0.1, 0.15) is 11.6 Å². The summed E-state index contributed by atoms with van der Waals surface area (Å²) in [4.78, 5) is 9.69. The van der Waals surface area contributed by atoms with Crippen LogP contribution < -0.4 is 10.6 Å². The molecular weight excluding hydrogens is 324 g/mol. The van der Waals surface area contributed by atoms with Crippen LogP contribution in [0.3, 0.4) is 0 Å². The van der Waals surface area contributed by atoms with Crippen molar-refractivity contribution in [1.82, 2.24) is 20.4 Å². The molecule has 7 heteroatoms. The third-order valence-electron chi connectivity index (χ3n) is 4.89. The first-order chi connectivity index (χ1) is 12.2. The van der Waals surface area contributed by atoms with Gasteiger partial charge in [-0.1, -0.05) is 0 Å². The summed E-state index contributed by atoms with van der Waals surface area (Å²) in [6, 6.07) is 4.03. The van der Waals surface area contributed by atoms with Crippen molar-refractivity contribution in [3.05, 3.63) is 35.4 Å². The Morgan fingerprint density at radius 2 is 2.00 bits per heavy atom. The number of hydrogen-bond acceptors (Lipinski definition) is 3. The van der Waals surface area contributed by atoms with Crippen LogP contribution in [0.2, 0.25) is 0 Å². The average Bonchev–Trinajstić information content (AvgIpc) is 2.63. The molecular formula is C18H27F2N5. The fourth-order valence-electron chi connectivity index (χ4n) is 3.49. The molecule has 3 aliphatic heterocycles. The van der Waals surface area contributed by atoms with Gasteiger partial charge in [0.25, 0.3) is 0 Å². The van der Waals surface area contributed by atoms with Crippen LogP contribution >= 0.6 is 0 Å². The maximum atomic E-state index is 13.7. The zero-order valence-corrected chi connectivity index (χ0v) is 14.8. The predicted molar refractivity (Wildman–Crippen MR) is 95.8 cm³/mol. The maximum Gasteiger partial charge on any atom is 0.191 e. The second kappa shape index (κ2) is 8.58. The summed E-state index contributed by atoms with van der Waals surface area (Å²) < 4.78 is 26.9. The van der Waals surface area contributed by atoms with Crippen LogP contribution in [0.1, 0.15) is 12.5 Å². The molecule has 2 N–H and O–H groups in total. The summed E-state index contributed by atoms with van der Waals surface area (Å²) in [5.41, 5.74) is 0.381. The van der Waals surface area contributed by atoms with E-state index < -0.39 is 5.82 Å². The van der Waals surface area contributed by atoms with E-state index in [1.165, 1.54) is 12.1 Å². The van der Waals surface area contributed by atoms with Crippen LogP contribution in [0.4, 0.5) is 8.78 Å². The van der Waals surface area contributed by atoms with Crippen LogP contribution in [-0.4, -0.2) is 74.2 Å². The highest BCUT2D eigenvalue weighted by Gasteiger charge is 2.31. The molecule has 0 radical (unpaired) electrons. The molecule has 5 nitrogen and oxygen atoms in total. The summed E-state index contributed by atoms with van der Waals surface area (Å²) >= 11 is 0. The standard InChI is InChI=1S/C18H27F2N5/c1-2-21-18(22-6-5-14-11-15(19)3-4-17(14)20)23-12-16-13-24-7-9-25(16)10-8-24/h3-4,11,16H,2,5-10,12-13H2,1H3,(H2,21,22,23). The highest BCUT2D eigenvalue weighted by molar-refractivity contribution is 5.79. The van der Waals surface area contributed by atoms with Gasteiger partial charge in [0.15, 0.2) is 5.96 Å². The minimum atomic E-state index is -0.409. The molecule has 1 aromatic rings. The molecule has 0 aromatic heterocycles. The monoisotopic (exact) mass is 351 g/mol. The number of benzene rings is 1. The molecule has 3 saturated heterocycles. The van der Waals surface area contributed by atoms with E-state index in [0.717, 1.165) is 57.8 Å². The van der Waals surface area contributed by atoms with E-state index in [2.05, 4.69) is 25.4 Å². The Labute approximate surface area is 148 Å². The van der Waals surface area contributed by atoms with Crippen molar-refractivity contribution in [2.75, 3.05) is 52.4 Å². The summed E-state index contributed by atoms with van der Waals surface area (Å²) in [5, 5.41) is 6.43. The Bertz CT molecular complexity index is 599. The number of nitrogens with zero attached hydrogens (tertiary/aromatic N) is 3. The van der Waals surface area contributed by atoms with E-state index in [1.807, 2.05) is 6.92 Å². The van der Waals surface area contributed by atoms with Crippen molar-refractivity contribution in [2.45, 2.75) is 19.4 Å². The summed E-state index contributed by atoms with van der Waals surface area (Å²) in [6.07, 6.45) is 0.414. The van der Waals surface area contributed by atoms with Crippen molar-refractivity contribution in [2.24, 2.45) is 4.99 Å². The molecule has 3 fully saturated rings. The SMILES string of the molecule is CCNC(=NCC1CN2CCN1CC2)NCCc1cc(F)ccc1F. The van der Waals surface area contributed by atoms with Crippen LogP contribution in [0.25, 0.3) is 0 Å². The molecule has 0 saturated carbocycles. The molecule has 0 spiro atoms. The molecule has 138 valence electrons. The van der Waals surface area contributed by atoms with Crippen molar-refractivity contribution in [3.8, 4) is 0 Å². The number of piperazine rings is 3. The van der Waals surface area contributed by atoms with E-state index in [1.54, 1.807) is 0 Å². The Morgan fingerprint density at radius 1 is 1.20 bits per heavy atom. The number of aliphatic imine (C=N–C) groups is 1. The van der Waals surface area contributed by atoms with Gasteiger partial charge in [-0.3, -0.25) is 14.8 Å². The first kappa shape index (κ1) is 18.1. The maximum absolute atomic E-state index is 13.7. The third kappa shape index (κ3) is 4.89. The van der Waals surface area contributed by atoms with Gasteiger partial charge in [-0.05, 0) is 37.1 Å². The van der Waals surface area contributed by atoms with Gasteiger partial charge in [0.05, 0.1) is 6.54 Å². The molecule has 0 amide bonds. The lowest BCUT2D eigenvalue weighted by atomic mass is 10.1. The minimum Gasteiger partial charge on any atom is -0.357 e. The zero-order valence-electron chi connectivity index (χ0n) is 14.8. The predicted octanol–water partition coefficient (Wildman–Crippen LogP) is 1.06. The van der Waals surface area contributed by atoms with Gasteiger partial charge in [-0.2, -0.15) is 0 Å². The Hall–Kier alpha value is -1.73. The largest absolute Gasteiger partial charge is 0.357 e. The summed E-state index contributed by atoms with van der Waals surface area (Å²) in [7, 11) is 0. The van der Waals surface area contributed by atoms with Crippen molar-refractivity contribution < 1.29 is 8.78 Å². The lowest BCUT2D eigenvalue weighted by molar-refractivity contribution is 0.0174. The van der Waals surface area contributed by atoms with Crippen molar-refractivity contribution in [3.63, 3.8) is 0 Å². The molecule has 25 heavy (non-hydrogen) atoms. The first-order valence-electron chi connectivity index (χ1n) is 9.08. The first-order valence-corrected chi connectivity index (χ1v) is 9.08. The van der Waals surface area contributed by atoms with Gasteiger partial charge in [-0.25, -0.2) is 8.78 Å². The highest BCUT2D eigenvalue weighted by Crippen LogP contribution is 2.15. The lowest BCUT2D eigenvalue weighted by Gasteiger charge is -2.47. The third-order valence-corrected chi connectivity index (χ3v) is 4.89. The quantitative estimate of drug-likeness (QED) is 0.594. The van der Waals surface area contributed by atoms with Gasteiger partial charge >= 0.3 is 0 Å². The smallest absolute Gasteiger partial charge is 0.191 e. The van der Waals surface area contributed by atoms with E-state index in [9.17, 15) is 8.78 Å².